The van der Waals surface area contributed by atoms with Crippen molar-refractivity contribution in [3.05, 3.63) is 51.7 Å². The molecule has 2 aromatic rings. The SMILES string of the molecule is COc1ccc(C)cc1NC(=O)c1cc(N)c(F)cc1Br. The number of halogens is 2. The van der Waals surface area contributed by atoms with Gasteiger partial charge in [0.15, 0.2) is 0 Å². The van der Waals surface area contributed by atoms with E-state index in [1.165, 1.54) is 13.2 Å². The molecule has 1 amide bonds. The molecular weight excluding hydrogens is 339 g/mol. The fourth-order valence-corrected chi connectivity index (χ4v) is 2.34. The average molecular weight is 353 g/mol. The number of methoxy groups -OCH3 is 1. The lowest BCUT2D eigenvalue weighted by molar-refractivity contribution is 0.102. The zero-order valence-electron chi connectivity index (χ0n) is 11.5. The summed E-state index contributed by atoms with van der Waals surface area (Å²) in [7, 11) is 1.52. The van der Waals surface area contributed by atoms with Gasteiger partial charge in [-0.2, -0.15) is 0 Å². The number of nitrogens with two attached hydrogens (primary N) is 1. The maximum atomic E-state index is 13.3. The van der Waals surface area contributed by atoms with E-state index in [1.807, 2.05) is 13.0 Å². The highest BCUT2D eigenvalue weighted by Crippen LogP contribution is 2.28. The third-order valence-electron chi connectivity index (χ3n) is 2.93. The Morgan fingerprint density at radius 1 is 1.33 bits per heavy atom. The van der Waals surface area contributed by atoms with Crippen molar-refractivity contribution in [2.75, 3.05) is 18.2 Å². The highest BCUT2D eigenvalue weighted by molar-refractivity contribution is 9.10. The van der Waals surface area contributed by atoms with Crippen LogP contribution in [0.5, 0.6) is 5.75 Å². The molecule has 2 rings (SSSR count). The Balaban J connectivity index is 2.34. The fourth-order valence-electron chi connectivity index (χ4n) is 1.85. The zero-order chi connectivity index (χ0) is 15.6. The van der Waals surface area contributed by atoms with E-state index in [0.717, 1.165) is 11.6 Å². The van der Waals surface area contributed by atoms with E-state index < -0.39 is 11.7 Å². The van der Waals surface area contributed by atoms with Gasteiger partial charge in [0, 0.05) is 4.47 Å². The van der Waals surface area contributed by atoms with Crippen molar-refractivity contribution in [1.82, 2.24) is 0 Å². The minimum atomic E-state index is -0.577. The molecule has 0 aliphatic heterocycles. The van der Waals surface area contributed by atoms with Gasteiger partial charge in [0.05, 0.1) is 24.0 Å². The van der Waals surface area contributed by atoms with Crippen LogP contribution in [0, 0.1) is 12.7 Å². The Kier molecular flexibility index (Phi) is 4.47. The van der Waals surface area contributed by atoms with E-state index in [-0.39, 0.29) is 11.3 Å². The largest absolute Gasteiger partial charge is 0.495 e. The monoisotopic (exact) mass is 352 g/mol. The number of nitrogen functional groups attached to an aromatic ring is 1. The fraction of sp³-hybridized carbons (Fsp3) is 0.133. The summed E-state index contributed by atoms with van der Waals surface area (Å²) >= 11 is 3.16. The van der Waals surface area contributed by atoms with Crippen molar-refractivity contribution in [2.45, 2.75) is 6.92 Å². The molecule has 0 aliphatic rings. The first-order valence-electron chi connectivity index (χ1n) is 6.13. The van der Waals surface area contributed by atoms with Gasteiger partial charge < -0.3 is 15.8 Å². The number of ether oxygens (including phenoxy) is 1. The minimum absolute atomic E-state index is 0.0837. The quantitative estimate of drug-likeness (QED) is 0.827. The van der Waals surface area contributed by atoms with Crippen molar-refractivity contribution in [3.8, 4) is 5.75 Å². The lowest BCUT2D eigenvalue weighted by Gasteiger charge is -2.12. The number of hydrogen-bond acceptors (Lipinski definition) is 3. The number of carbonyl (C=O) groups is 1. The van der Waals surface area contributed by atoms with Crippen LogP contribution in [0.15, 0.2) is 34.8 Å². The predicted octanol–water partition coefficient (Wildman–Crippen LogP) is 3.74. The van der Waals surface area contributed by atoms with Crippen LogP contribution in [0.2, 0.25) is 0 Å². The average Bonchev–Trinajstić information content (AvgIpc) is 2.43. The maximum absolute atomic E-state index is 13.3. The number of benzene rings is 2. The standard InChI is InChI=1S/C15H14BrFN2O2/c1-8-3-4-14(21-2)13(5-8)19-15(20)9-6-12(18)11(17)7-10(9)16/h3-7H,18H2,1-2H3,(H,19,20). The molecule has 4 nitrogen and oxygen atoms in total. The molecule has 110 valence electrons. The molecule has 0 saturated heterocycles. The molecule has 0 radical (unpaired) electrons. The lowest BCUT2D eigenvalue weighted by Crippen LogP contribution is -2.14. The highest BCUT2D eigenvalue weighted by atomic mass is 79.9. The molecule has 2 aromatic carbocycles. The summed E-state index contributed by atoms with van der Waals surface area (Å²) in [6.07, 6.45) is 0. The number of anilines is 2. The first-order valence-corrected chi connectivity index (χ1v) is 6.92. The van der Waals surface area contributed by atoms with E-state index >= 15 is 0 Å². The summed E-state index contributed by atoms with van der Waals surface area (Å²) in [5, 5.41) is 2.73. The number of aryl methyl sites for hydroxylation is 1. The van der Waals surface area contributed by atoms with E-state index in [1.54, 1.807) is 12.1 Å². The summed E-state index contributed by atoms with van der Waals surface area (Å²) in [6, 6.07) is 7.88. The second kappa shape index (κ2) is 6.13. The second-order valence-corrected chi connectivity index (χ2v) is 5.37. The molecule has 0 aliphatic carbocycles. The summed E-state index contributed by atoms with van der Waals surface area (Å²) in [4.78, 5) is 12.3. The molecule has 0 spiro atoms. The van der Waals surface area contributed by atoms with Gasteiger partial charge in [0.2, 0.25) is 0 Å². The number of carbonyl (C=O) groups excluding carboxylic acids is 1. The van der Waals surface area contributed by atoms with Gasteiger partial charge in [-0.05, 0) is 52.7 Å². The summed E-state index contributed by atoms with van der Waals surface area (Å²) in [6.45, 7) is 1.90. The number of rotatable bonds is 3. The molecule has 6 heteroatoms. The van der Waals surface area contributed by atoms with Gasteiger partial charge in [0.1, 0.15) is 11.6 Å². The molecule has 0 fully saturated rings. The first-order chi connectivity index (χ1) is 9.92. The van der Waals surface area contributed by atoms with Crippen LogP contribution in [-0.4, -0.2) is 13.0 Å². The van der Waals surface area contributed by atoms with Gasteiger partial charge >= 0.3 is 0 Å². The molecule has 21 heavy (non-hydrogen) atoms. The van der Waals surface area contributed by atoms with Crippen molar-refractivity contribution >= 4 is 33.2 Å². The summed E-state index contributed by atoms with van der Waals surface area (Å²) < 4.78 is 18.8. The molecular formula is C15H14BrFN2O2. The Hall–Kier alpha value is -2.08. The van der Waals surface area contributed by atoms with E-state index in [0.29, 0.717) is 15.9 Å². The van der Waals surface area contributed by atoms with Crippen LogP contribution in [0.3, 0.4) is 0 Å². The number of nitrogens with one attached hydrogen (secondary N) is 1. The van der Waals surface area contributed by atoms with Gasteiger partial charge in [-0.25, -0.2) is 4.39 Å². The van der Waals surface area contributed by atoms with E-state index in [4.69, 9.17) is 10.5 Å². The molecule has 0 unspecified atom stereocenters. The van der Waals surface area contributed by atoms with Gasteiger partial charge in [-0.15, -0.1) is 0 Å². The van der Waals surface area contributed by atoms with Crippen molar-refractivity contribution in [1.29, 1.82) is 0 Å². The smallest absolute Gasteiger partial charge is 0.256 e. The third-order valence-corrected chi connectivity index (χ3v) is 3.59. The van der Waals surface area contributed by atoms with Crippen LogP contribution in [0.1, 0.15) is 15.9 Å². The molecule has 3 N–H and O–H groups in total. The Morgan fingerprint density at radius 2 is 2.05 bits per heavy atom. The van der Waals surface area contributed by atoms with Crippen LogP contribution in [0.25, 0.3) is 0 Å². The summed E-state index contributed by atoms with van der Waals surface area (Å²) in [5.74, 6) is -0.441. The maximum Gasteiger partial charge on any atom is 0.256 e. The minimum Gasteiger partial charge on any atom is -0.495 e. The highest BCUT2D eigenvalue weighted by Gasteiger charge is 2.15. The van der Waals surface area contributed by atoms with Crippen molar-refractivity contribution < 1.29 is 13.9 Å². The molecule has 0 aromatic heterocycles. The van der Waals surface area contributed by atoms with Gasteiger partial charge in [-0.1, -0.05) is 6.07 Å². The third kappa shape index (κ3) is 3.33. The lowest BCUT2D eigenvalue weighted by atomic mass is 10.1. The van der Waals surface area contributed by atoms with Crippen molar-refractivity contribution in [2.24, 2.45) is 0 Å². The topological polar surface area (TPSA) is 64.3 Å². The molecule has 0 bridgehead atoms. The van der Waals surface area contributed by atoms with E-state index in [9.17, 15) is 9.18 Å². The molecule has 0 saturated carbocycles. The van der Waals surface area contributed by atoms with Crippen LogP contribution in [0.4, 0.5) is 15.8 Å². The summed E-state index contributed by atoms with van der Waals surface area (Å²) in [5.41, 5.74) is 7.18. The number of hydrogen-bond donors (Lipinski definition) is 2. The van der Waals surface area contributed by atoms with Crippen LogP contribution >= 0.6 is 15.9 Å². The number of amides is 1. The molecule has 0 atom stereocenters. The normalized spacial score (nSPS) is 10.3. The Morgan fingerprint density at radius 3 is 2.71 bits per heavy atom. The Labute approximate surface area is 130 Å². The Bertz CT molecular complexity index is 704. The zero-order valence-corrected chi connectivity index (χ0v) is 13.1. The predicted molar refractivity (Wildman–Crippen MR) is 84.2 cm³/mol. The second-order valence-electron chi connectivity index (χ2n) is 4.51. The van der Waals surface area contributed by atoms with Crippen LogP contribution in [-0.2, 0) is 0 Å². The van der Waals surface area contributed by atoms with Gasteiger partial charge in [0.25, 0.3) is 5.91 Å². The van der Waals surface area contributed by atoms with Crippen molar-refractivity contribution in [3.63, 3.8) is 0 Å². The van der Waals surface area contributed by atoms with Gasteiger partial charge in [-0.3, -0.25) is 4.79 Å². The molecule has 0 heterocycles. The van der Waals surface area contributed by atoms with Crippen LogP contribution < -0.4 is 15.8 Å². The van der Waals surface area contributed by atoms with E-state index in [2.05, 4.69) is 21.2 Å². The first kappa shape index (κ1) is 15.3.